The molecule has 1 saturated heterocycles. The Balaban J connectivity index is 1.62. The van der Waals surface area contributed by atoms with Gasteiger partial charge >= 0.3 is 6.03 Å². The first-order chi connectivity index (χ1) is 13.1. The largest absolute Gasteiger partial charge is 0.340 e. The monoisotopic (exact) mass is 388 g/mol. The van der Waals surface area contributed by atoms with E-state index in [9.17, 15) is 9.18 Å². The van der Waals surface area contributed by atoms with Crippen molar-refractivity contribution < 1.29 is 14.5 Å². The molecule has 6 heteroatoms. The summed E-state index contributed by atoms with van der Waals surface area (Å²) in [5.74, 6) is -0.489. The van der Waals surface area contributed by atoms with E-state index >= 15 is 0 Å². The van der Waals surface area contributed by atoms with Crippen LogP contribution in [-0.2, 0) is 0 Å². The molecule has 0 spiro atoms. The average Bonchev–Trinajstić information content (AvgIpc) is 2.70. The average molecular weight is 389 g/mol. The van der Waals surface area contributed by atoms with E-state index < -0.39 is 5.82 Å². The van der Waals surface area contributed by atoms with Crippen LogP contribution >= 0.6 is 11.6 Å². The number of fused-ring (bicyclic) bond motifs is 1. The van der Waals surface area contributed by atoms with Crippen LogP contribution in [0.25, 0.3) is 0 Å². The Morgan fingerprint density at radius 2 is 1.93 bits per heavy atom. The summed E-state index contributed by atoms with van der Waals surface area (Å²) in [5.41, 5.74) is 1.66. The molecule has 2 aromatic rings. The predicted molar refractivity (Wildman–Crippen MR) is 104 cm³/mol. The minimum absolute atomic E-state index is 0.00919. The van der Waals surface area contributed by atoms with Crippen LogP contribution in [0, 0.1) is 5.82 Å². The first-order valence-electron chi connectivity index (χ1n) is 9.56. The number of quaternary nitrogens is 1. The van der Waals surface area contributed by atoms with E-state index in [2.05, 4.69) is 22.8 Å². The van der Waals surface area contributed by atoms with Crippen LogP contribution in [0.4, 0.5) is 14.9 Å². The van der Waals surface area contributed by atoms with Gasteiger partial charge in [0, 0.05) is 12.1 Å². The summed E-state index contributed by atoms with van der Waals surface area (Å²) in [6.45, 7) is 0.850. The molecule has 0 aromatic heterocycles. The molecule has 2 fully saturated rings. The van der Waals surface area contributed by atoms with Gasteiger partial charge in [-0.15, -0.1) is 0 Å². The summed E-state index contributed by atoms with van der Waals surface area (Å²) in [6.07, 6.45) is 4.51. The summed E-state index contributed by atoms with van der Waals surface area (Å²) in [6, 6.07) is 15.0. The van der Waals surface area contributed by atoms with Crippen LogP contribution in [0.3, 0.4) is 0 Å². The molecule has 1 heterocycles. The molecule has 1 saturated carbocycles. The van der Waals surface area contributed by atoms with Gasteiger partial charge in [0.1, 0.15) is 24.4 Å². The zero-order valence-electron chi connectivity index (χ0n) is 15.1. The second-order valence-electron chi connectivity index (χ2n) is 7.38. The zero-order valence-corrected chi connectivity index (χ0v) is 15.8. The van der Waals surface area contributed by atoms with Gasteiger partial charge in [-0.3, -0.25) is 0 Å². The molecule has 2 aliphatic rings. The normalized spacial score (nSPS) is 25.0. The van der Waals surface area contributed by atoms with E-state index in [-0.39, 0.29) is 23.1 Å². The number of benzene rings is 2. The van der Waals surface area contributed by atoms with Gasteiger partial charge in [-0.25, -0.2) is 9.18 Å². The summed E-state index contributed by atoms with van der Waals surface area (Å²) in [4.78, 5) is 15.3. The molecule has 27 heavy (non-hydrogen) atoms. The number of urea groups is 1. The van der Waals surface area contributed by atoms with Crippen molar-refractivity contribution in [1.82, 2.24) is 4.90 Å². The smallest absolute Gasteiger partial charge is 0.323 e. The number of anilines is 1. The molecule has 2 amide bonds. The zero-order chi connectivity index (χ0) is 18.8. The molecule has 3 N–H and O–H groups in total. The number of nitrogens with one attached hydrogen (secondary N) is 1. The number of nitrogens with two attached hydrogens (primary N) is 1. The van der Waals surface area contributed by atoms with Gasteiger partial charge in [-0.05, 0) is 36.6 Å². The highest BCUT2D eigenvalue weighted by molar-refractivity contribution is 6.31. The second-order valence-corrected chi connectivity index (χ2v) is 7.79. The predicted octanol–water partition coefficient (Wildman–Crippen LogP) is 3.94. The fourth-order valence-corrected chi connectivity index (χ4v) is 4.62. The molecule has 3 atom stereocenters. The molecule has 1 aliphatic heterocycles. The quantitative estimate of drug-likeness (QED) is 0.804. The molecule has 0 radical (unpaired) electrons. The molecular weight excluding hydrogens is 365 g/mol. The summed E-state index contributed by atoms with van der Waals surface area (Å²) in [7, 11) is 0. The van der Waals surface area contributed by atoms with Crippen molar-refractivity contribution in [2.75, 3.05) is 11.9 Å². The summed E-state index contributed by atoms with van der Waals surface area (Å²) < 4.78 is 13.4. The number of amides is 2. The van der Waals surface area contributed by atoms with Gasteiger partial charge in [0.15, 0.2) is 0 Å². The summed E-state index contributed by atoms with van der Waals surface area (Å²) >= 11 is 5.87. The highest BCUT2D eigenvalue weighted by atomic mass is 35.5. The van der Waals surface area contributed by atoms with Crippen molar-refractivity contribution in [2.24, 2.45) is 0 Å². The van der Waals surface area contributed by atoms with E-state index in [1.165, 1.54) is 18.6 Å². The number of hydrogen-bond donors (Lipinski definition) is 2. The van der Waals surface area contributed by atoms with Crippen molar-refractivity contribution >= 4 is 23.3 Å². The van der Waals surface area contributed by atoms with Gasteiger partial charge in [0.05, 0.1) is 11.1 Å². The third-order valence-electron chi connectivity index (χ3n) is 5.73. The first kappa shape index (κ1) is 18.3. The van der Waals surface area contributed by atoms with Crippen LogP contribution in [0.1, 0.15) is 37.3 Å². The Kier molecular flexibility index (Phi) is 5.32. The van der Waals surface area contributed by atoms with E-state index in [0.717, 1.165) is 31.4 Å². The fraction of sp³-hybridized carbons (Fsp3) is 0.381. The molecule has 1 aliphatic carbocycles. The fourth-order valence-electron chi connectivity index (χ4n) is 4.43. The first-order valence-corrected chi connectivity index (χ1v) is 9.94. The number of rotatable bonds is 2. The van der Waals surface area contributed by atoms with Gasteiger partial charge in [-0.2, -0.15) is 0 Å². The van der Waals surface area contributed by atoms with Crippen LogP contribution in [0.5, 0.6) is 0 Å². The van der Waals surface area contributed by atoms with Crippen molar-refractivity contribution in [3.63, 3.8) is 0 Å². The Morgan fingerprint density at radius 1 is 1.15 bits per heavy atom. The molecule has 0 bridgehead atoms. The number of halogens is 2. The molecule has 4 nitrogen and oxygen atoms in total. The topological polar surface area (TPSA) is 49.0 Å². The van der Waals surface area contributed by atoms with Crippen LogP contribution in [0.15, 0.2) is 48.5 Å². The van der Waals surface area contributed by atoms with Crippen molar-refractivity contribution in [3.05, 3.63) is 64.9 Å². The highest BCUT2D eigenvalue weighted by Crippen LogP contribution is 2.32. The van der Waals surface area contributed by atoms with Gasteiger partial charge < -0.3 is 15.5 Å². The molecular formula is C21H24ClFN3O+. The maximum absolute atomic E-state index is 13.4. The van der Waals surface area contributed by atoms with Gasteiger partial charge in [-0.1, -0.05) is 48.4 Å². The SMILES string of the molecule is O=C(Nc1ccc(F)c(Cl)c1)N1C(c2ccccc2)C[NH2+][C@H]2CCCC[C@@H]21. The lowest BCUT2D eigenvalue weighted by atomic mass is 9.85. The molecule has 1 unspecified atom stereocenters. The van der Waals surface area contributed by atoms with Crippen molar-refractivity contribution in [1.29, 1.82) is 0 Å². The van der Waals surface area contributed by atoms with E-state index in [4.69, 9.17) is 11.6 Å². The lowest BCUT2D eigenvalue weighted by Gasteiger charge is -2.46. The van der Waals surface area contributed by atoms with Gasteiger partial charge in [0.2, 0.25) is 0 Å². The lowest BCUT2D eigenvalue weighted by molar-refractivity contribution is -0.711. The second kappa shape index (κ2) is 7.87. The Labute approximate surface area is 163 Å². The minimum atomic E-state index is -0.489. The Bertz CT molecular complexity index is 816. The van der Waals surface area contributed by atoms with Crippen LogP contribution in [0.2, 0.25) is 5.02 Å². The number of carbonyl (C=O) groups excluding carboxylic acids is 1. The molecule has 142 valence electrons. The number of nitrogens with zero attached hydrogens (tertiary/aromatic N) is 1. The van der Waals surface area contributed by atoms with Crippen LogP contribution < -0.4 is 10.6 Å². The van der Waals surface area contributed by atoms with Crippen molar-refractivity contribution in [3.8, 4) is 0 Å². The number of piperazine rings is 1. The van der Waals surface area contributed by atoms with Crippen molar-refractivity contribution in [2.45, 2.75) is 43.8 Å². The van der Waals surface area contributed by atoms with Gasteiger partial charge in [0.25, 0.3) is 0 Å². The standard InChI is InChI=1S/C21H23ClFN3O/c22-16-12-15(10-11-17(16)23)25-21(27)26-19-9-5-4-8-18(19)24-13-20(26)14-6-2-1-3-7-14/h1-3,6-7,10-12,18-20,24H,4-5,8-9,13H2,(H,25,27)/p+1/t18-,19-,20?/m0/s1. The third-order valence-corrected chi connectivity index (χ3v) is 6.02. The lowest BCUT2D eigenvalue weighted by Crippen LogP contribution is -2.98. The van der Waals surface area contributed by atoms with Crippen LogP contribution in [-0.4, -0.2) is 29.6 Å². The summed E-state index contributed by atoms with van der Waals surface area (Å²) in [5, 5.41) is 5.35. The number of hydrogen-bond acceptors (Lipinski definition) is 1. The Hall–Kier alpha value is -2.11. The highest BCUT2D eigenvalue weighted by Gasteiger charge is 2.44. The molecule has 2 aromatic carbocycles. The van der Waals surface area contributed by atoms with E-state index in [1.807, 2.05) is 23.1 Å². The number of carbonyl (C=O) groups is 1. The maximum atomic E-state index is 13.4. The Morgan fingerprint density at radius 3 is 2.70 bits per heavy atom. The third kappa shape index (κ3) is 3.80. The van der Waals surface area contributed by atoms with E-state index in [1.54, 1.807) is 6.07 Å². The molecule has 4 rings (SSSR count). The maximum Gasteiger partial charge on any atom is 0.323 e. The minimum Gasteiger partial charge on any atom is -0.340 e. The van der Waals surface area contributed by atoms with E-state index in [0.29, 0.717) is 11.7 Å².